The lowest BCUT2D eigenvalue weighted by molar-refractivity contribution is -0.116. The zero-order valence-electron chi connectivity index (χ0n) is 15.9. The van der Waals surface area contributed by atoms with Crippen LogP contribution in [0.4, 0.5) is 10.8 Å². The van der Waals surface area contributed by atoms with Crippen molar-refractivity contribution in [3.63, 3.8) is 0 Å². The van der Waals surface area contributed by atoms with E-state index >= 15 is 0 Å². The predicted octanol–water partition coefficient (Wildman–Crippen LogP) is 5.93. The highest BCUT2D eigenvalue weighted by atomic mass is 35.5. The second-order valence-electron chi connectivity index (χ2n) is 6.26. The van der Waals surface area contributed by atoms with Crippen LogP contribution < -0.4 is 10.6 Å². The fraction of sp³-hybridized carbons (Fsp3) is 0.190. The van der Waals surface area contributed by atoms with Crippen LogP contribution in [0.5, 0.6) is 0 Å². The van der Waals surface area contributed by atoms with Gasteiger partial charge < -0.3 is 10.6 Å². The number of anilines is 2. The minimum atomic E-state index is -0.273. The molecule has 1 atom stereocenters. The summed E-state index contributed by atoms with van der Waals surface area (Å²) < 4.78 is 0. The van der Waals surface area contributed by atoms with E-state index in [0.29, 0.717) is 22.3 Å². The van der Waals surface area contributed by atoms with Gasteiger partial charge in [0, 0.05) is 33.5 Å². The van der Waals surface area contributed by atoms with E-state index in [9.17, 15) is 9.59 Å². The number of nitrogens with one attached hydrogen (secondary N) is 2. The number of thioether (sulfide) groups is 1. The lowest BCUT2D eigenvalue weighted by Gasteiger charge is -2.14. The molecule has 0 aliphatic rings. The minimum Gasteiger partial charge on any atom is -0.326 e. The molecule has 0 fully saturated rings. The maximum atomic E-state index is 12.7. The zero-order chi connectivity index (χ0) is 20.8. The lowest BCUT2D eigenvalue weighted by atomic mass is 10.2. The molecule has 0 saturated heterocycles. The van der Waals surface area contributed by atoms with Gasteiger partial charge in [0.15, 0.2) is 5.13 Å². The topological polar surface area (TPSA) is 71.1 Å². The Balaban J connectivity index is 1.66. The summed E-state index contributed by atoms with van der Waals surface area (Å²) in [5.74, 6) is -0.225. The average Bonchev–Trinajstić information content (AvgIpc) is 3.14. The number of carbonyl (C=O) groups is 2. The standard InChI is InChI=1S/C21H20ClN3O2S2/c1-3-19(29-17-6-4-5-16(11-17)23-13(2)26)20(27)25-21-24-18(12-28-21)14-7-9-15(22)10-8-14/h4-12,19H,3H2,1-2H3,(H,23,26)(H,24,25,27). The minimum absolute atomic E-state index is 0.0977. The number of amides is 2. The van der Waals surface area contributed by atoms with Gasteiger partial charge in [-0.05, 0) is 36.8 Å². The van der Waals surface area contributed by atoms with Crippen LogP contribution >= 0.6 is 34.7 Å². The Morgan fingerprint density at radius 1 is 1.17 bits per heavy atom. The molecule has 0 bridgehead atoms. The van der Waals surface area contributed by atoms with Gasteiger partial charge in [0.2, 0.25) is 11.8 Å². The summed E-state index contributed by atoms with van der Waals surface area (Å²) >= 11 is 8.78. The number of nitrogens with zero attached hydrogens (tertiary/aromatic N) is 1. The van der Waals surface area contributed by atoms with Gasteiger partial charge in [-0.1, -0.05) is 36.7 Å². The first-order valence-electron chi connectivity index (χ1n) is 9.01. The van der Waals surface area contributed by atoms with E-state index in [2.05, 4.69) is 15.6 Å². The van der Waals surface area contributed by atoms with Crippen molar-refractivity contribution >= 4 is 57.3 Å². The molecule has 0 spiro atoms. The summed E-state index contributed by atoms with van der Waals surface area (Å²) in [6, 6.07) is 14.9. The molecule has 0 aliphatic carbocycles. The van der Waals surface area contributed by atoms with Gasteiger partial charge in [0.25, 0.3) is 0 Å². The molecule has 2 aromatic carbocycles. The van der Waals surface area contributed by atoms with Crippen LogP contribution in [-0.4, -0.2) is 22.0 Å². The monoisotopic (exact) mass is 445 g/mol. The van der Waals surface area contributed by atoms with E-state index in [4.69, 9.17) is 11.6 Å². The van der Waals surface area contributed by atoms with E-state index in [1.165, 1.54) is 30.0 Å². The maximum Gasteiger partial charge on any atom is 0.239 e. The molecule has 29 heavy (non-hydrogen) atoms. The quantitative estimate of drug-likeness (QED) is 0.442. The SMILES string of the molecule is CCC(Sc1cccc(NC(C)=O)c1)C(=O)Nc1nc(-c2ccc(Cl)cc2)cs1. The third-order valence-corrected chi connectivity index (χ3v) is 6.34. The Labute approximate surface area is 182 Å². The molecule has 0 saturated carbocycles. The number of carbonyl (C=O) groups excluding carboxylic acids is 2. The van der Waals surface area contributed by atoms with Crippen LogP contribution in [0.25, 0.3) is 11.3 Å². The van der Waals surface area contributed by atoms with Gasteiger partial charge in [0.05, 0.1) is 10.9 Å². The molecule has 150 valence electrons. The molecule has 0 aliphatic heterocycles. The molecular weight excluding hydrogens is 426 g/mol. The van der Waals surface area contributed by atoms with Crippen molar-refractivity contribution in [1.29, 1.82) is 0 Å². The normalized spacial score (nSPS) is 11.7. The lowest BCUT2D eigenvalue weighted by Crippen LogP contribution is -2.24. The summed E-state index contributed by atoms with van der Waals surface area (Å²) in [5.41, 5.74) is 2.46. The number of hydrogen-bond donors (Lipinski definition) is 2. The second-order valence-corrected chi connectivity index (χ2v) is 8.83. The Morgan fingerprint density at radius 2 is 1.93 bits per heavy atom. The van der Waals surface area contributed by atoms with Crippen LogP contribution in [0, 0.1) is 0 Å². The van der Waals surface area contributed by atoms with Crippen LogP contribution in [0.15, 0.2) is 58.8 Å². The average molecular weight is 446 g/mol. The van der Waals surface area contributed by atoms with Crippen LogP contribution in [-0.2, 0) is 9.59 Å². The number of thiazole rings is 1. The Hall–Kier alpha value is -2.35. The fourth-order valence-corrected chi connectivity index (χ4v) is 4.47. The van der Waals surface area contributed by atoms with Gasteiger partial charge in [-0.2, -0.15) is 0 Å². The summed E-state index contributed by atoms with van der Waals surface area (Å²) in [4.78, 5) is 29.4. The van der Waals surface area contributed by atoms with Gasteiger partial charge in [-0.25, -0.2) is 4.98 Å². The summed E-state index contributed by atoms with van der Waals surface area (Å²) in [7, 11) is 0. The van der Waals surface area contributed by atoms with E-state index < -0.39 is 0 Å². The van der Waals surface area contributed by atoms with Crippen molar-refractivity contribution in [1.82, 2.24) is 4.98 Å². The second kappa shape index (κ2) is 9.91. The van der Waals surface area contributed by atoms with Gasteiger partial charge >= 0.3 is 0 Å². The molecule has 1 unspecified atom stereocenters. The molecule has 3 rings (SSSR count). The molecule has 5 nitrogen and oxygen atoms in total. The molecule has 2 N–H and O–H groups in total. The molecule has 3 aromatic rings. The zero-order valence-corrected chi connectivity index (χ0v) is 18.3. The molecule has 8 heteroatoms. The molecule has 1 aromatic heterocycles. The van der Waals surface area contributed by atoms with Crippen LogP contribution in [0.3, 0.4) is 0 Å². The molecule has 0 radical (unpaired) electrons. The first-order valence-corrected chi connectivity index (χ1v) is 11.1. The van der Waals surface area contributed by atoms with E-state index in [0.717, 1.165) is 16.2 Å². The van der Waals surface area contributed by atoms with Gasteiger partial charge in [0.1, 0.15) is 0 Å². The molecule has 1 heterocycles. The van der Waals surface area contributed by atoms with Crippen molar-refractivity contribution in [2.24, 2.45) is 0 Å². The molecule has 2 amide bonds. The highest BCUT2D eigenvalue weighted by Crippen LogP contribution is 2.30. The third-order valence-electron chi connectivity index (χ3n) is 3.97. The van der Waals surface area contributed by atoms with Crippen molar-refractivity contribution in [2.75, 3.05) is 10.6 Å². The summed E-state index contributed by atoms with van der Waals surface area (Å²) in [6.07, 6.45) is 0.663. The van der Waals surface area contributed by atoms with Crippen molar-refractivity contribution < 1.29 is 9.59 Å². The van der Waals surface area contributed by atoms with Gasteiger partial charge in [-0.15, -0.1) is 23.1 Å². The number of halogens is 1. The largest absolute Gasteiger partial charge is 0.326 e. The number of hydrogen-bond acceptors (Lipinski definition) is 5. The van der Waals surface area contributed by atoms with Crippen molar-refractivity contribution in [3.8, 4) is 11.3 Å². The molecular formula is C21H20ClN3O2S2. The smallest absolute Gasteiger partial charge is 0.239 e. The summed E-state index contributed by atoms with van der Waals surface area (Å²) in [5, 5.41) is 8.54. The van der Waals surface area contributed by atoms with Crippen LogP contribution in [0.2, 0.25) is 5.02 Å². The Kier molecular flexibility index (Phi) is 7.30. The number of rotatable bonds is 7. The fourth-order valence-electron chi connectivity index (χ4n) is 2.61. The van der Waals surface area contributed by atoms with E-state index in [-0.39, 0.29) is 17.1 Å². The summed E-state index contributed by atoms with van der Waals surface area (Å²) in [6.45, 7) is 3.43. The first kappa shape index (κ1) is 21.4. The Morgan fingerprint density at radius 3 is 2.62 bits per heavy atom. The highest BCUT2D eigenvalue weighted by molar-refractivity contribution is 8.00. The van der Waals surface area contributed by atoms with Crippen molar-refractivity contribution in [2.45, 2.75) is 30.4 Å². The number of benzene rings is 2. The van der Waals surface area contributed by atoms with Crippen LogP contribution in [0.1, 0.15) is 20.3 Å². The third kappa shape index (κ3) is 6.06. The number of aromatic nitrogens is 1. The maximum absolute atomic E-state index is 12.7. The van der Waals surface area contributed by atoms with Gasteiger partial charge in [-0.3, -0.25) is 9.59 Å². The first-order chi connectivity index (χ1) is 13.9. The van der Waals surface area contributed by atoms with E-state index in [1.807, 2.05) is 60.8 Å². The predicted molar refractivity (Wildman–Crippen MR) is 122 cm³/mol. The van der Waals surface area contributed by atoms with E-state index in [1.54, 1.807) is 0 Å². The Bertz CT molecular complexity index is 1010. The van der Waals surface area contributed by atoms with Crippen molar-refractivity contribution in [3.05, 3.63) is 58.9 Å². The highest BCUT2D eigenvalue weighted by Gasteiger charge is 2.19.